The highest BCUT2D eigenvalue weighted by Gasteiger charge is 2.35. The van der Waals surface area contributed by atoms with Crippen LogP contribution in [0, 0.1) is 11.3 Å². The third kappa shape index (κ3) is 2.53. The van der Waals surface area contributed by atoms with Crippen molar-refractivity contribution in [3.05, 3.63) is 0 Å². The summed E-state index contributed by atoms with van der Waals surface area (Å²) in [5, 5.41) is 0. The Labute approximate surface area is 78.2 Å². The van der Waals surface area contributed by atoms with Gasteiger partial charge in [0, 0.05) is 0 Å². The largest absolute Gasteiger partial charge is 0.143 e. The van der Waals surface area contributed by atoms with Crippen molar-refractivity contribution in [1.29, 1.82) is 0 Å². The average molecular weight is 166 g/mol. The quantitative estimate of drug-likeness (QED) is 0.517. The molecule has 0 nitrogen and oxygen atoms in total. The number of hydrogen-bond donors (Lipinski definition) is 0. The minimum Gasteiger partial charge on any atom is -0.0713 e. The highest BCUT2D eigenvalue weighted by molar-refractivity contribution is 6.60. The zero-order valence-electron chi connectivity index (χ0n) is 9.35. The van der Waals surface area contributed by atoms with E-state index in [9.17, 15) is 0 Å². The van der Waals surface area contributed by atoms with Crippen molar-refractivity contribution in [1.82, 2.24) is 0 Å². The van der Waals surface area contributed by atoms with Gasteiger partial charge in [0.1, 0.15) is 6.71 Å². The van der Waals surface area contributed by atoms with E-state index in [0.29, 0.717) is 5.41 Å². The second kappa shape index (κ2) is 3.43. The number of rotatable bonds is 1. The first kappa shape index (κ1) is 10.1. The molecular formula is C11H23B. The molecule has 70 valence electrons. The van der Waals surface area contributed by atoms with Crippen LogP contribution in [0.15, 0.2) is 0 Å². The lowest BCUT2D eigenvalue weighted by atomic mass is 9.30. The summed E-state index contributed by atoms with van der Waals surface area (Å²) >= 11 is 0. The van der Waals surface area contributed by atoms with Crippen molar-refractivity contribution < 1.29 is 0 Å². The molecule has 0 amide bonds. The van der Waals surface area contributed by atoms with Crippen LogP contribution in [0.25, 0.3) is 0 Å². The van der Waals surface area contributed by atoms with Crippen LogP contribution in [0.4, 0.5) is 0 Å². The summed E-state index contributed by atoms with van der Waals surface area (Å²) in [6.45, 7) is 13.0. The van der Waals surface area contributed by atoms with E-state index in [1.54, 1.807) is 0 Å². The third-order valence-electron chi connectivity index (χ3n) is 3.36. The van der Waals surface area contributed by atoms with Crippen molar-refractivity contribution in [2.45, 2.75) is 59.5 Å². The minimum atomic E-state index is 0.604. The molecule has 1 heteroatoms. The molecule has 1 aliphatic heterocycles. The van der Waals surface area contributed by atoms with Gasteiger partial charge < -0.3 is 0 Å². The van der Waals surface area contributed by atoms with Gasteiger partial charge in [0.2, 0.25) is 0 Å². The van der Waals surface area contributed by atoms with Crippen molar-refractivity contribution in [3.8, 4) is 0 Å². The van der Waals surface area contributed by atoms with Gasteiger partial charge in [0.25, 0.3) is 0 Å². The molecule has 0 spiro atoms. The summed E-state index contributed by atoms with van der Waals surface area (Å²) in [7, 11) is 0. The van der Waals surface area contributed by atoms with Gasteiger partial charge in [-0.05, 0) is 11.8 Å². The van der Waals surface area contributed by atoms with Crippen LogP contribution < -0.4 is 0 Å². The Hall–Kier alpha value is 0.0649. The summed E-state index contributed by atoms with van der Waals surface area (Å²) in [6, 6.07) is 0. The van der Waals surface area contributed by atoms with E-state index in [2.05, 4.69) is 34.6 Å². The molecule has 12 heavy (non-hydrogen) atoms. The molecule has 1 rings (SSSR count). The smallest absolute Gasteiger partial charge is 0.0713 e. The number of hydrogen-bond acceptors (Lipinski definition) is 0. The highest BCUT2D eigenvalue weighted by Crippen LogP contribution is 2.42. The predicted molar refractivity (Wildman–Crippen MR) is 58.0 cm³/mol. The first-order valence-electron chi connectivity index (χ1n) is 5.41. The van der Waals surface area contributed by atoms with E-state index >= 15 is 0 Å². The normalized spacial score (nSPS) is 29.5. The van der Waals surface area contributed by atoms with Crippen molar-refractivity contribution >= 4 is 6.71 Å². The van der Waals surface area contributed by atoms with Crippen LogP contribution in [0.3, 0.4) is 0 Å². The van der Waals surface area contributed by atoms with Crippen LogP contribution in [0.1, 0.15) is 41.0 Å². The van der Waals surface area contributed by atoms with Gasteiger partial charge in [0.15, 0.2) is 0 Å². The van der Waals surface area contributed by atoms with Crippen molar-refractivity contribution in [2.75, 3.05) is 0 Å². The molecule has 0 aliphatic carbocycles. The zero-order chi connectivity index (χ0) is 9.35. The SMILES string of the molecule is CC1CB(C(C)C)CC(C)(C)C1. The van der Waals surface area contributed by atoms with Gasteiger partial charge in [-0.25, -0.2) is 0 Å². The summed E-state index contributed by atoms with van der Waals surface area (Å²) in [4.78, 5) is 0. The van der Waals surface area contributed by atoms with Gasteiger partial charge in [-0.3, -0.25) is 0 Å². The predicted octanol–water partition coefficient (Wildman–Crippen LogP) is 3.96. The molecule has 1 aliphatic rings. The topological polar surface area (TPSA) is 0 Å². The fraction of sp³-hybridized carbons (Fsp3) is 1.00. The van der Waals surface area contributed by atoms with Gasteiger partial charge in [-0.1, -0.05) is 59.0 Å². The Morgan fingerprint density at radius 3 is 2.33 bits per heavy atom. The lowest BCUT2D eigenvalue weighted by Gasteiger charge is -2.39. The molecule has 0 bridgehead atoms. The second-order valence-electron chi connectivity index (χ2n) is 5.92. The lowest BCUT2D eigenvalue weighted by Crippen LogP contribution is -2.34. The highest BCUT2D eigenvalue weighted by atomic mass is 14.3. The Morgan fingerprint density at radius 2 is 1.92 bits per heavy atom. The van der Waals surface area contributed by atoms with E-state index in [-0.39, 0.29) is 0 Å². The van der Waals surface area contributed by atoms with Crippen LogP contribution in [0.5, 0.6) is 0 Å². The fourth-order valence-electron chi connectivity index (χ4n) is 2.93. The van der Waals surface area contributed by atoms with E-state index < -0.39 is 0 Å². The molecule has 0 aromatic rings. The standard InChI is InChI=1S/C11H23B/c1-9(2)12-7-10(3)6-11(4,5)8-12/h9-10H,6-8H2,1-5H3. The Bertz CT molecular complexity index is 149. The molecule has 1 atom stereocenters. The van der Waals surface area contributed by atoms with Crippen molar-refractivity contribution in [3.63, 3.8) is 0 Å². The van der Waals surface area contributed by atoms with Gasteiger partial charge in [-0.15, -0.1) is 0 Å². The zero-order valence-corrected chi connectivity index (χ0v) is 9.35. The third-order valence-corrected chi connectivity index (χ3v) is 3.36. The monoisotopic (exact) mass is 166 g/mol. The fourth-order valence-corrected chi connectivity index (χ4v) is 2.93. The van der Waals surface area contributed by atoms with Gasteiger partial charge >= 0.3 is 0 Å². The summed E-state index contributed by atoms with van der Waals surface area (Å²) < 4.78 is 0. The van der Waals surface area contributed by atoms with Gasteiger partial charge in [-0.2, -0.15) is 0 Å². The van der Waals surface area contributed by atoms with Crippen LogP contribution in [-0.4, -0.2) is 6.71 Å². The molecule has 0 saturated carbocycles. The molecule has 1 unspecified atom stereocenters. The lowest BCUT2D eigenvalue weighted by molar-refractivity contribution is 0.296. The Balaban J connectivity index is 2.58. The molecule has 0 N–H and O–H groups in total. The molecule has 0 aromatic heterocycles. The van der Waals surface area contributed by atoms with E-state index in [0.717, 1.165) is 18.4 Å². The van der Waals surface area contributed by atoms with E-state index in [1.165, 1.54) is 19.1 Å². The maximum atomic E-state index is 2.43. The molecule has 1 heterocycles. The Kier molecular flexibility index (Phi) is 2.90. The second-order valence-corrected chi connectivity index (χ2v) is 5.92. The first-order chi connectivity index (χ1) is 5.41. The molecule has 1 fully saturated rings. The molecule has 0 radical (unpaired) electrons. The van der Waals surface area contributed by atoms with Gasteiger partial charge in [0.05, 0.1) is 0 Å². The Morgan fingerprint density at radius 1 is 1.33 bits per heavy atom. The summed E-state index contributed by atoms with van der Waals surface area (Å²) in [6.07, 6.45) is 4.33. The molecule has 0 aromatic carbocycles. The van der Waals surface area contributed by atoms with Crippen LogP contribution in [0.2, 0.25) is 18.5 Å². The average Bonchev–Trinajstić information content (AvgIpc) is 1.82. The minimum absolute atomic E-state index is 0.604. The molecule has 1 saturated heterocycles. The van der Waals surface area contributed by atoms with E-state index in [4.69, 9.17) is 0 Å². The maximum absolute atomic E-state index is 2.43. The van der Waals surface area contributed by atoms with Crippen LogP contribution in [-0.2, 0) is 0 Å². The molecular weight excluding hydrogens is 143 g/mol. The van der Waals surface area contributed by atoms with Crippen LogP contribution >= 0.6 is 0 Å². The van der Waals surface area contributed by atoms with E-state index in [1.807, 2.05) is 0 Å². The summed E-state index contributed by atoms with van der Waals surface area (Å²) in [5.74, 6) is 1.83. The van der Waals surface area contributed by atoms with Crippen molar-refractivity contribution in [2.24, 2.45) is 11.3 Å². The first-order valence-corrected chi connectivity index (χ1v) is 5.41. The maximum Gasteiger partial charge on any atom is 0.143 e. The summed E-state index contributed by atoms with van der Waals surface area (Å²) in [5.41, 5.74) is 0.604.